The Morgan fingerprint density at radius 1 is 0.700 bits per heavy atom. The van der Waals surface area contributed by atoms with Crippen LogP contribution in [-0.2, 0) is 6.42 Å². The van der Waals surface area contributed by atoms with E-state index in [1.165, 1.54) is 40.6 Å². The number of aromatic carboxylic acids is 1. The van der Waals surface area contributed by atoms with Crippen LogP contribution in [0.15, 0.2) is 72.8 Å². The Balaban J connectivity index is 1.69. The standard InChI is InChI=1S/C31H30N2O7/c1-37-26-16-20(30(34)33-23-11-7-19(8-12-23)13-18-5-9-22(32)10-6-18)14-24(28(26)39-3)25-15-21(31(35)36)17-27(38-2)29(25)40-4/h5-12,14-17H,13,32H2,1-4H3,(H,33,34)(H,35,36). The van der Waals surface area contributed by atoms with Gasteiger partial charge in [-0.3, -0.25) is 4.79 Å². The number of methoxy groups -OCH3 is 4. The van der Waals surface area contributed by atoms with Gasteiger partial charge in [0.2, 0.25) is 0 Å². The molecule has 4 rings (SSSR count). The van der Waals surface area contributed by atoms with Crippen molar-refractivity contribution in [2.24, 2.45) is 0 Å². The third-order valence-electron chi connectivity index (χ3n) is 6.36. The molecule has 0 aromatic heterocycles. The maximum atomic E-state index is 13.4. The van der Waals surface area contributed by atoms with E-state index < -0.39 is 11.9 Å². The fourth-order valence-corrected chi connectivity index (χ4v) is 4.36. The number of carboxylic acids is 1. The lowest BCUT2D eigenvalue weighted by Gasteiger charge is -2.19. The van der Waals surface area contributed by atoms with E-state index in [9.17, 15) is 14.7 Å². The zero-order valence-corrected chi connectivity index (χ0v) is 22.6. The highest BCUT2D eigenvalue weighted by Crippen LogP contribution is 2.46. The molecule has 0 atom stereocenters. The minimum atomic E-state index is -1.15. The van der Waals surface area contributed by atoms with Gasteiger partial charge in [0.25, 0.3) is 5.91 Å². The summed E-state index contributed by atoms with van der Waals surface area (Å²) < 4.78 is 22.1. The molecule has 4 aromatic carbocycles. The minimum Gasteiger partial charge on any atom is -0.493 e. The van der Waals surface area contributed by atoms with Crippen molar-refractivity contribution in [3.8, 4) is 34.1 Å². The lowest BCUT2D eigenvalue weighted by molar-refractivity contribution is 0.0696. The van der Waals surface area contributed by atoms with E-state index in [4.69, 9.17) is 24.7 Å². The van der Waals surface area contributed by atoms with Crippen LogP contribution in [0.25, 0.3) is 11.1 Å². The van der Waals surface area contributed by atoms with Gasteiger partial charge >= 0.3 is 5.97 Å². The molecule has 40 heavy (non-hydrogen) atoms. The molecule has 0 heterocycles. The average molecular weight is 543 g/mol. The maximum Gasteiger partial charge on any atom is 0.335 e. The maximum absolute atomic E-state index is 13.4. The Morgan fingerprint density at radius 2 is 1.18 bits per heavy atom. The second-order valence-electron chi connectivity index (χ2n) is 8.89. The molecule has 9 heteroatoms. The number of nitrogen functional groups attached to an aromatic ring is 1. The van der Waals surface area contributed by atoms with Crippen LogP contribution in [-0.4, -0.2) is 45.4 Å². The number of nitrogens with two attached hydrogens (primary N) is 1. The molecule has 0 spiro atoms. The van der Waals surface area contributed by atoms with Gasteiger partial charge in [0.1, 0.15) is 0 Å². The fourth-order valence-electron chi connectivity index (χ4n) is 4.36. The van der Waals surface area contributed by atoms with Crippen LogP contribution >= 0.6 is 0 Å². The Kier molecular flexibility index (Phi) is 8.44. The van der Waals surface area contributed by atoms with Crippen molar-refractivity contribution >= 4 is 23.3 Å². The van der Waals surface area contributed by atoms with E-state index in [1.54, 1.807) is 12.1 Å². The summed E-state index contributed by atoms with van der Waals surface area (Å²) in [4.78, 5) is 25.2. The van der Waals surface area contributed by atoms with Crippen molar-refractivity contribution in [2.45, 2.75) is 6.42 Å². The highest BCUT2D eigenvalue weighted by molar-refractivity contribution is 6.06. The van der Waals surface area contributed by atoms with E-state index in [-0.39, 0.29) is 28.4 Å². The summed E-state index contributed by atoms with van der Waals surface area (Å²) >= 11 is 0. The number of amides is 1. The van der Waals surface area contributed by atoms with E-state index in [1.807, 2.05) is 48.5 Å². The summed E-state index contributed by atoms with van der Waals surface area (Å²) in [7, 11) is 5.77. The second kappa shape index (κ2) is 12.1. The van der Waals surface area contributed by atoms with Gasteiger partial charge in [-0.05, 0) is 66.1 Å². The largest absolute Gasteiger partial charge is 0.493 e. The molecular weight excluding hydrogens is 512 g/mol. The minimum absolute atomic E-state index is 0.0254. The average Bonchev–Trinajstić information content (AvgIpc) is 2.97. The number of rotatable bonds is 10. The SMILES string of the molecule is COc1cc(C(=O)O)cc(-c2cc(C(=O)Nc3ccc(Cc4ccc(N)cc4)cc3)cc(OC)c2OC)c1OC. The van der Waals surface area contributed by atoms with Gasteiger partial charge in [0, 0.05) is 28.1 Å². The second-order valence-corrected chi connectivity index (χ2v) is 8.89. The number of anilines is 2. The number of hydrogen-bond donors (Lipinski definition) is 3. The van der Waals surface area contributed by atoms with Gasteiger partial charge in [-0.1, -0.05) is 24.3 Å². The van der Waals surface area contributed by atoms with Crippen LogP contribution in [0.1, 0.15) is 31.8 Å². The molecular formula is C31H30N2O7. The first-order valence-corrected chi connectivity index (χ1v) is 12.3. The van der Waals surface area contributed by atoms with Crippen LogP contribution in [0.5, 0.6) is 23.0 Å². The smallest absolute Gasteiger partial charge is 0.335 e. The number of carbonyl (C=O) groups excluding carboxylic acids is 1. The Morgan fingerprint density at radius 3 is 1.65 bits per heavy atom. The molecule has 0 saturated carbocycles. The van der Waals surface area contributed by atoms with E-state index in [0.29, 0.717) is 28.3 Å². The number of hydrogen-bond acceptors (Lipinski definition) is 7. The van der Waals surface area contributed by atoms with Crippen molar-refractivity contribution in [3.05, 3.63) is 95.1 Å². The monoisotopic (exact) mass is 542 g/mol. The van der Waals surface area contributed by atoms with Crippen LogP contribution in [0.2, 0.25) is 0 Å². The Hall–Kier alpha value is -5.18. The third-order valence-corrected chi connectivity index (χ3v) is 6.36. The normalized spacial score (nSPS) is 10.5. The van der Waals surface area contributed by atoms with Crippen LogP contribution in [0, 0.1) is 0 Å². The molecule has 0 radical (unpaired) electrons. The number of carboxylic acid groups (broad SMARTS) is 1. The van der Waals surface area contributed by atoms with Crippen LogP contribution in [0.4, 0.5) is 11.4 Å². The molecule has 1 amide bonds. The molecule has 0 saturated heterocycles. The predicted octanol–water partition coefficient (Wildman–Crippen LogP) is 5.51. The Labute approximate surface area is 232 Å². The van der Waals surface area contributed by atoms with Crippen molar-refractivity contribution in [3.63, 3.8) is 0 Å². The highest BCUT2D eigenvalue weighted by atomic mass is 16.5. The van der Waals surface area contributed by atoms with Gasteiger partial charge in [-0.2, -0.15) is 0 Å². The van der Waals surface area contributed by atoms with E-state index >= 15 is 0 Å². The zero-order valence-electron chi connectivity index (χ0n) is 22.6. The van der Waals surface area contributed by atoms with Gasteiger partial charge in [0.15, 0.2) is 23.0 Å². The van der Waals surface area contributed by atoms with Gasteiger partial charge in [-0.15, -0.1) is 0 Å². The topological polar surface area (TPSA) is 129 Å². The predicted molar refractivity (Wildman–Crippen MR) is 153 cm³/mol. The van der Waals surface area contributed by atoms with E-state index in [0.717, 1.165) is 17.5 Å². The summed E-state index contributed by atoms with van der Waals surface area (Å²) in [6.45, 7) is 0. The number of ether oxygens (including phenoxy) is 4. The summed E-state index contributed by atoms with van der Waals surface area (Å²) in [6, 6.07) is 21.2. The Bertz CT molecular complexity index is 1530. The summed E-state index contributed by atoms with van der Waals surface area (Å²) in [5.41, 5.74) is 10.3. The molecule has 0 fully saturated rings. The van der Waals surface area contributed by atoms with Crippen molar-refractivity contribution in [2.75, 3.05) is 39.5 Å². The van der Waals surface area contributed by atoms with E-state index in [2.05, 4.69) is 5.32 Å². The molecule has 4 N–H and O–H groups in total. The summed E-state index contributed by atoms with van der Waals surface area (Å²) in [5.74, 6) is -0.468. The first kappa shape index (κ1) is 27.8. The number of carbonyl (C=O) groups is 2. The molecule has 0 bridgehead atoms. The lowest BCUT2D eigenvalue weighted by atomic mass is 9.97. The van der Waals surface area contributed by atoms with Crippen LogP contribution < -0.4 is 30.0 Å². The summed E-state index contributed by atoms with van der Waals surface area (Å²) in [6.07, 6.45) is 0.730. The number of nitrogens with one attached hydrogen (secondary N) is 1. The molecule has 0 aliphatic carbocycles. The van der Waals surface area contributed by atoms with Gasteiger partial charge in [-0.25, -0.2) is 4.79 Å². The molecule has 0 aliphatic rings. The quantitative estimate of drug-likeness (QED) is 0.224. The molecule has 206 valence electrons. The lowest BCUT2D eigenvalue weighted by Crippen LogP contribution is -2.13. The fraction of sp³-hybridized carbons (Fsp3) is 0.161. The zero-order chi connectivity index (χ0) is 28.8. The molecule has 9 nitrogen and oxygen atoms in total. The molecule has 0 aliphatic heterocycles. The van der Waals surface area contributed by atoms with Gasteiger partial charge < -0.3 is 35.1 Å². The van der Waals surface area contributed by atoms with Crippen molar-refractivity contribution in [1.82, 2.24) is 0 Å². The van der Waals surface area contributed by atoms with Crippen molar-refractivity contribution < 1.29 is 33.6 Å². The third kappa shape index (κ3) is 5.94. The first-order chi connectivity index (χ1) is 19.3. The number of benzene rings is 4. The summed E-state index contributed by atoms with van der Waals surface area (Å²) in [5, 5.41) is 12.6. The first-order valence-electron chi connectivity index (χ1n) is 12.3. The van der Waals surface area contributed by atoms with Crippen molar-refractivity contribution in [1.29, 1.82) is 0 Å². The molecule has 4 aromatic rings. The van der Waals surface area contributed by atoms with Gasteiger partial charge in [0.05, 0.1) is 34.0 Å². The highest BCUT2D eigenvalue weighted by Gasteiger charge is 2.24. The van der Waals surface area contributed by atoms with Crippen LogP contribution in [0.3, 0.4) is 0 Å². The molecule has 0 unspecified atom stereocenters.